The van der Waals surface area contributed by atoms with Crippen LogP contribution in [0, 0.1) is 0 Å². The third-order valence-electron chi connectivity index (χ3n) is 5.38. The fourth-order valence-electron chi connectivity index (χ4n) is 3.76. The summed E-state index contributed by atoms with van der Waals surface area (Å²) in [4.78, 5) is 12.2. The van der Waals surface area contributed by atoms with Crippen LogP contribution in [0.5, 0.6) is 5.75 Å². The van der Waals surface area contributed by atoms with Gasteiger partial charge in [0.1, 0.15) is 11.6 Å². The Hall–Kier alpha value is -2.66. The van der Waals surface area contributed by atoms with Gasteiger partial charge in [0, 0.05) is 68.2 Å². The van der Waals surface area contributed by atoms with Crippen molar-refractivity contribution in [3.63, 3.8) is 0 Å². The molecule has 0 aliphatic carbocycles. The second-order valence-corrected chi connectivity index (χ2v) is 7.20. The van der Waals surface area contributed by atoms with Gasteiger partial charge in [-0.3, -0.25) is 4.90 Å². The molecule has 0 bridgehead atoms. The zero-order chi connectivity index (χ0) is 18.8. The molecule has 27 heavy (non-hydrogen) atoms. The number of phenolic OH excluding ortho intramolecular Hbond substituents is 1. The minimum absolute atomic E-state index is 0.281. The molecule has 0 atom stereocenters. The summed E-state index contributed by atoms with van der Waals surface area (Å²) in [6.07, 6.45) is 4.82. The number of aromatic hydroxyl groups is 1. The molecule has 0 amide bonds. The Labute approximate surface area is 160 Å². The van der Waals surface area contributed by atoms with Crippen molar-refractivity contribution >= 4 is 0 Å². The first kappa shape index (κ1) is 17.7. The van der Waals surface area contributed by atoms with E-state index >= 15 is 0 Å². The van der Waals surface area contributed by atoms with Crippen LogP contribution in [0.15, 0.2) is 42.6 Å². The third kappa shape index (κ3) is 3.74. The number of benzene rings is 1. The van der Waals surface area contributed by atoms with Crippen molar-refractivity contribution in [3.8, 4) is 17.0 Å². The molecular weight excluding hydrogens is 336 g/mol. The average Bonchev–Trinajstić information content (AvgIpc) is 2.97. The Morgan fingerprint density at radius 2 is 1.81 bits per heavy atom. The Morgan fingerprint density at radius 3 is 2.52 bits per heavy atom. The van der Waals surface area contributed by atoms with Gasteiger partial charge < -0.3 is 9.67 Å². The summed E-state index contributed by atoms with van der Waals surface area (Å²) in [6.45, 7) is 5.06. The van der Waals surface area contributed by atoms with Crippen molar-refractivity contribution in [2.24, 2.45) is 7.05 Å². The Balaban J connectivity index is 1.64. The van der Waals surface area contributed by atoms with Crippen LogP contribution in [0.25, 0.3) is 11.3 Å². The highest BCUT2D eigenvalue weighted by Gasteiger charge is 2.21. The van der Waals surface area contributed by atoms with E-state index in [9.17, 15) is 5.11 Å². The minimum atomic E-state index is 0.281. The van der Waals surface area contributed by atoms with Crippen LogP contribution in [0.1, 0.15) is 29.7 Å². The van der Waals surface area contributed by atoms with E-state index in [4.69, 9.17) is 9.97 Å². The van der Waals surface area contributed by atoms with E-state index < -0.39 is 0 Å². The Kier molecular flexibility index (Phi) is 4.94. The Bertz CT molecular complexity index is 930. The number of aryl methyl sites for hydroxylation is 2. The zero-order valence-corrected chi connectivity index (χ0v) is 16.0. The van der Waals surface area contributed by atoms with E-state index in [0.29, 0.717) is 0 Å². The number of nitrogens with zero attached hydrogens (tertiary/aromatic N) is 4. The molecule has 5 nitrogen and oxygen atoms in total. The second kappa shape index (κ2) is 7.53. The lowest BCUT2D eigenvalue weighted by Crippen LogP contribution is -2.26. The van der Waals surface area contributed by atoms with Crippen molar-refractivity contribution in [1.82, 2.24) is 19.4 Å². The molecule has 3 aromatic rings. The summed E-state index contributed by atoms with van der Waals surface area (Å²) >= 11 is 0. The van der Waals surface area contributed by atoms with E-state index in [-0.39, 0.29) is 5.75 Å². The number of phenols is 1. The molecule has 2 aromatic heterocycles. The quantitative estimate of drug-likeness (QED) is 0.773. The molecule has 1 aromatic carbocycles. The van der Waals surface area contributed by atoms with Crippen molar-refractivity contribution in [2.45, 2.75) is 32.7 Å². The van der Waals surface area contributed by atoms with Crippen LogP contribution < -0.4 is 0 Å². The summed E-state index contributed by atoms with van der Waals surface area (Å²) in [7, 11) is 2.10. The normalized spacial score (nSPS) is 14.7. The number of fused-ring (bicyclic) bond motifs is 1. The van der Waals surface area contributed by atoms with Gasteiger partial charge in [-0.15, -0.1) is 0 Å². The number of hydrogen-bond donors (Lipinski definition) is 1. The molecule has 0 saturated carbocycles. The van der Waals surface area contributed by atoms with Crippen LogP contribution in [0.3, 0.4) is 0 Å². The maximum absolute atomic E-state index is 9.63. The van der Waals surface area contributed by atoms with Gasteiger partial charge in [-0.05, 0) is 42.8 Å². The second-order valence-electron chi connectivity index (χ2n) is 7.20. The molecule has 140 valence electrons. The molecule has 0 unspecified atom stereocenters. The van der Waals surface area contributed by atoms with E-state index in [0.717, 1.165) is 56.0 Å². The third-order valence-corrected chi connectivity index (χ3v) is 5.38. The summed E-state index contributed by atoms with van der Waals surface area (Å²) < 4.78 is 2.19. The molecule has 3 heterocycles. The SMILES string of the molecule is CCc1nc2c(c(-c3ccc(O)cc3)n1)CCN(Cc1cccn1C)CC2. The summed E-state index contributed by atoms with van der Waals surface area (Å²) in [5.41, 5.74) is 5.85. The molecule has 0 saturated heterocycles. The fourth-order valence-corrected chi connectivity index (χ4v) is 3.76. The highest BCUT2D eigenvalue weighted by atomic mass is 16.3. The van der Waals surface area contributed by atoms with Crippen LogP contribution in [0.4, 0.5) is 0 Å². The number of rotatable bonds is 4. The van der Waals surface area contributed by atoms with Crippen molar-refractivity contribution in [3.05, 3.63) is 65.4 Å². The van der Waals surface area contributed by atoms with Gasteiger partial charge in [-0.2, -0.15) is 0 Å². The van der Waals surface area contributed by atoms with Gasteiger partial charge in [0.05, 0.1) is 5.69 Å². The fraction of sp³-hybridized carbons (Fsp3) is 0.364. The smallest absolute Gasteiger partial charge is 0.129 e. The molecule has 0 fully saturated rings. The highest BCUT2D eigenvalue weighted by Crippen LogP contribution is 2.28. The van der Waals surface area contributed by atoms with E-state index in [1.165, 1.54) is 17.0 Å². The topological polar surface area (TPSA) is 54.2 Å². The molecular formula is C22H26N4O. The first-order valence-electron chi connectivity index (χ1n) is 9.64. The average molecular weight is 362 g/mol. The number of aromatic nitrogens is 3. The van der Waals surface area contributed by atoms with Crippen LogP contribution in [-0.2, 0) is 32.9 Å². The van der Waals surface area contributed by atoms with Gasteiger partial charge in [-0.1, -0.05) is 6.92 Å². The lowest BCUT2D eigenvalue weighted by atomic mass is 10.0. The van der Waals surface area contributed by atoms with E-state index in [2.05, 4.69) is 41.8 Å². The molecule has 1 N–H and O–H groups in total. The minimum Gasteiger partial charge on any atom is -0.508 e. The predicted octanol–water partition coefficient (Wildman–Crippen LogP) is 3.35. The monoisotopic (exact) mass is 362 g/mol. The lowest BCUT2D eigenvalue weighted by Gasteiger charge is -2.19. The van der Waals surface area contributed by atoms with Gasteiger partial charge in [-0.25, -0.2) is 9.97 Å². The number of hydrogen-bond acceptors (Lipinski definition) is 4. The van der Waals surface area contributed by atoms with Crippen LogP contribution >= 0.6 is 0 Å². The van der Waals surface area contributed by atoms with E-state index in [1.54, 1.807) is 12.1 Å². The van der Waals surface area contributed by atoms with E-state index in [1.807, 2.05) is 12.1 Å². The zero-order valence-electron chi connectivity index (χ0n) is 16.0. The molecule has 1 aliphatic heterocycles. The summed E-state index contributed by atoms with van der Waals surface area (Å²) in [5.74, 6) is 1.18. The van der Waals surface area contributed by atoms with Crippen LogP contribution in [-0.4, -0.2) is 37.6 Å². The predicted molar refractivity (Wildman–Crippen MR) is 107 cm³/mol. The largest absolute Gasteiger partial charge is 0.508 e. The maximum Gasteiger partial charge on any atom is 0.129 e. The van der Waals surface area contributed by atoms with Gasteiger partial charge >= 0.3 is 0 Å². The molecule has 0 spiro atoms. The molecule has 5 heteroatoms. The maximum atomic E-state index is 9.63. The standard InChI is InChI=1S/C22H26N4O/c1-3-21-23-20-11-14-26(15-17-5-4-12-25(17)2)13-10-19(20)22(24-21)16-6-8-18(27)9-7-16/h4-9,12,27H,3,10-11,13-15H2,1-2H3. The molecule has 0 radical (unpaired) electrons. The molecule has 1 aliphatic rings. The van der Waals surface area contributed by atoms with Gasteiger partial charge in [0.2, 0.25) is 0 Å². The van der Waals surface area contributed by atoms with Crippen LogP contribution in [0.2, 0.25) is 0 Å². The first-order chi connectivity index (χ1) is 13.1. The summed E-state index contributed by atoms with van der Waals surface area (Å²) in [6, 6.07) is 11.6. The Morgan fingerprint density at radius 1 is 1.04 bits per heavy atom. The van der Waals surface area contributed by atoms with Crippen molar-refractivity contribution in [2.75, 3.05) is 13.1 Å². The van der Waals surface area contributed by atoms with Crippen molar-refractivity contribution in [1.29, 1.82) is 0 Å². The summed E-state index contributed by atoms with van der Waals surface area (Å²) in [5, 5.41) is 9.63. The van der Waals surface area contributed by atoms with Gasteiger partial charge in [0.15, 0.2) is 0 Å². The lowest BCUT2D eigenvalue weighted by molar-refractivity contribution is 0.273. The molecule has 4 rings (SSSR count). The first-order valence-corrected chi connectivity index (χ1v) is 9.64. The van der Waals surface area contributed by atoms with Gasteiger partial charge in [0.25, 0.3) is 0 Å². The van der Waals surface area contributed by atoms with Crippen molar-refractivity contribution < 1.29 is 5.11 Å². The highest BCUT2D eigenvalue weighted by molar-refractivity contribution is 5.65.